The largest absolute Gasteiger partial charge is 0.493 e. The Labute approximate surface area is 160 Å². The first-order valence-electron chi connectivity index (χ1n) is 9.34. The third-order valence-electron chi connectivity index (χ3n) is 5.54. The van der Waals surface area contributed by atoms with E-state index in [2.05, 4.69) is 24.4 Å². The number of aryl methyl sites for hydroxylation is 1. The van der Waals surface area contributed by atoms with E-state index in [1.165, 1.54) is 11.1 Å². The molecule has 1 saturated heterocycles. The lowest BCUT2D eigenvalue weighted by atomic mass is 9.80. The second kappa shape index (κ2) is 8.30. The lowest BCUT2D eigenvalue weighted by Gasteiger charge is -2.39. The molecule has 0 radical (unpaired) electrons. The van der Waals surface area contributed by atoms with E-state index in [4.69, 9.17) is 16.3 Å². The van der Waals surface area contributed by atoms with Crippen LogP contribution in [0.25, 0.3) is 0 Å². The van der Waals surface area contributed by atoms with Gasteiger partial charge >= 0.3 is 0 Å². The second-order valence-corrected chi connectivity index (χ2v) is 7.91. The highest BCUT2D eigenvalue weighted by Gasteiger charge is 2.32. The summed E-state index contributed by atoms with van der Waals surface area (Å²) in [6.07, 6.45) is 4.07. The zero-order chi connectivity index (χ0) is 18.6. The van der Waals surface area contributed by atoms with E-state index in [0.29, 0.717) is 13.0 Å². The third-order valence-corrected chi connectivity index (χ3v) is 5.78. The van der Waals surface area contributed by atoms with Gasteiger partial charge in [0.05, 0.1) is 6.61 Å². The molecule has 0 bridgehead atoms. The Bertz CT molecular complexity index is 669. The standard InChI is InChI=1S/C20H27ClN2O3/c1-20(14-22-18(24)13-21)7-9-23(10-8-20)19(25)5-3-15-2-4-17-16(12-15)6-11-26-17/h2,4,12H,3,5-11,13-14H2,1H3,(H,22,24). The van der Waals surface area contributed by atoms with Gasteiger partial charge in [0.15, 0.2) is 0 Å². The monoisotopic (exact) mass is 378 g/mol. The maximum atomic E-state index is 12.5. The first-order valence-corrected chi connectivity index (χ1v) is 9.88. The van der Waals surface area contributed by atoms with Crippen LogP contribution in [0.5, 0.6) is 5.75 Å². The molecule has 5 nitrogen and oxygen atoms in total. The molecule has 1 aromatic carbocycles. The van der Waals surface area contributed by atoms with Crippen LogP contribution < -0.4 is 10.1 Å². The van der Waals surface area contributed by atoms with Crippen molar-refractivity contribution in [3.8, 4) is 5.75 Å². The topological polar surface area (TPSA) is 58.6 Å². The number of nitrogens with one attached hydrogen (secondary N) is 1. The molecule has 2 heterocycles. The van der Waals surface area contributed by atoms with Crippen molar-refractivity contribution < 1.29 is 14.3 Å². The van der Waals surface area contributed by atoms with E-state index in [-0.39, 0.29) is 23.1 Å². The molecule has 142 valence electrons. The number of carbonyl (C=O) groups is 2. The summed E-state index contributed by atoms with van der Waals surface area (Å²) in [5.74, 6) is 1.06. The summed E-state index contributed by atoms with van der Waals surface area (Å²) in [6.45, 7) is 5.05. The molecule has 2 aliphatic rings. The molecule has 0 atom stereocenters. The SMILES string of the molecule is CC1(CNC(=O)CCl)CCN(C(=O)CCc2ccc3c(c2)CCO3)CC1. The van der Waals surface area contributed by atoms with Crippen LogP contribution in [0.3, 0.4) is 0 Å². The number of hydrogen-bond donors (Lipinski definition) is 1. The van der Waals surface area contributed by atoms with Crippen molar-refractivity contribution >= 4 is 23.4 Å². The van der Waals surface area contributed by atoms with Crippen LogP contribution in [-0.2, 0) is 22.4 Å². The van der Waals surface area contributed by atoms with Gasteiger partial charge in [0.25, 0.3) is 0 Å². The van der Waals surface area contributed by atoms with E-state index in [1.807, 2.05) is 11.0 Å². The maximum absolute atomic E-state index is 12.5. The van der Waals surface area contributed by atoms with E-state index in [0.717, 1.165) is 51.1 Å². The Morgan fingerprint density at radius 3 is 2.81 bits per heavy atom. The first kappa shape index (κ1) is 19.0. The highest BCUT2D eigenvalue weighted by Crippen LogP contribution is 2.31. The molecule has 0 aliphatic carbocycles. The fraction of sp³-hybridized carbons (Fsp3) is 0.600. The molecule has 0 spiro atoms. The van der Waals surface area contributed by atoms with Crippen molar-refractivity contribution in [3.63, 3.8) is 0 Å². The number of amides is 2. The van der Waals surface area contributed by atoms with Crippen LogP contribution >= 0.6 is 11.6 Å². The van der Waals surface area contributed by atoms with Gasteiger partial charge in [-0.05, 0) is 41.9 Å². The number of fused-ring (bicyclic) bond motifs is 1. The Morgan fingerprint density at radius 2 is 2.08 bits per heavy atom. The number of alkyl halides is 1. The molecular formula is C20H27ClN2O3. The van der Waals surface area contributed by atoms with Gasteiger partial charge in [-0.15, -0.1) is 11.6 Å². The molecule has 1 fully saturated rings. The summed E-state index contributed by atoms with van der Waals surface area (Å²) >= 11 is 5.52. The lowest BCUT2D eigenvalue weighted by molar-refractivity contribution is -0.133. The minimum absolute atomic E-state index is 0.00445. The number of hydrogen-bond acceptors (Lipinski definition) is 3. The predicted molar refractivity (Wildman–Crippen MR) is 102 cm³/mol. The smallest absolute Gasteiger partial charge is 0.234 e. The fourth-order valence-electron chi connectivity index (χ4n) is 3.64. The lowest BCUT2D eigenvalue weighted by Crippen LogP contribution is -2.46. The number of piperidine rings is 1. The minimum atomic E-state index is -0.133. The minimum Gasteiger partial charge on any atom is -0.493 e. The van der Waals surface area contributed by atoms with E-state index in [1.54, 1.807) is 0 Å². The summed E-state index contributed by atoms with van der Waals surface area (Å²) < 4.78 is 5.53. The van der Waals surface area contributed by atoms with Crippen molar-refractivity contribution in [2.24, 2.45) is 5.41 Å². The summed E-state index contributed by atoms with van der Waals surface area (Å²) in [4.78, 5) is 25.8. The number of nitrogens with zero attached hydrogens (tertiary/aromatic N) is 1. The first-order chi connectivity index (χ1) is 12.5. The van der Waals surface area contributed by atoms with Gasteiger partial charge < -0.3 is 15.0 Å². The van der Waals surface area contributed by atoms with Gasteiger partial charge in [-0.1, -0.05) is 19.1 Å². The Hall–Kier alpha value is -1.75. The Kier molecular flexibility index (Phi) is 6.07. The van der Waals surface area contributed by atoms with Gasteiger partial charge in [-0.3, -0.25) is 9.59 Å². The van der Waals surface area contributed by atoms with Crippen LogP contribution in [0, 0.1) is 5.41 Å². The second-order valence-electron chi connectivity index (χ2n) is 7.64. The number of rotatable bonds is 6. The van der Waals surface area contributed by atoms with Crippen LogP contribution in [0.2, 0.25) is 0 Å². The molecular weight excluding hydrogens is 352 g/mol. The molecule has 0 saturated carbocycles. The highest BCUT2D eigenvalue weighted by molar-refractivity contribution is 6.27. The van der Waals surface area contributed by atoms with E-state index >= 15 is 0 Å². The molecule has 1 aromatic rings. The molecule has 0 unspecified atom stereocenters. The van der Waals surface area contributed by atoms with E-state index < -0.39 is 0 Å². The van der Waals surface area contributed by atoms with Crippen molar-refractivity contribution in [2.75, 3.05) is 32.1 Å². The third kappa shape index (κ3) is 4.70. The van der Waals surface area contributed by atoms with E-state index in [9.17, 15) is 9.59 Å². The predicted octanol–water partition coefficient (Wildman–Crippen LogP) is 2.54. The highest BCUT2D eigenvalue weighted by atomic mass is 35.5. The summed E-state index contributed by atoms with van der Waals surface area (Å²) in [7, 11) is 0. The number of likely N-dealkylation sites (tertiary alicyclic amines) is 1. The summed E-state index contributed by atoms with van der Waals surface area (Å²) in [5, 5.41) is 2.87. The van der Waals surface area contributed by atoms with Gasteiger partial charge in [0, 0.05) is 32.5 Å². The summed E-state index contributed by atoms with van der Waals surface area (Å²) in [5.41, 5.74) is 2.49. The van der Waals surface area contributed by atoms with Crippen molar-refractivity contribution in [1.29, 1.82) is 0 Å². The number of carbonyl (C=O) groups excluding carboxylic acids is 2. The quantitative estimate of drug-likeness (QED) is 0.774. The van der Waals surface area contributed by atoms with Crippen LogP contribution in [0.1, 0.15) is 37.3 Å². The molecule has 2 aliphatic heterocycles. The van der Waals surface area contributed by atoms with Crippen molar-refractivity contribution in [3.05, 3.63) is 29.3 Å². The van der Waals surface area contributed by atoms with Crippen molar-refractivity contribution in [2.45, 2.75) is 39.0 Å². The molecule has 3 rings (SSSR count). The molecule has 26 heavy (non-hydrogen) atoms. The molecule has 6 heteroatoms. The molecule has 1 N–H and O–H groups in total. The Morgan fingerprint density at radius 1 is 1.31 bits per heavy atom. The summed E-state index contributed by atoms with van der Waals surface area (Å²) in [6, 6.07) is 6.25. The zero-order valence-electron chi connectivity index (χ0n) is 15.4. The molecule has 2 amide bonds. The van der Waals surface area contributed by atoms with Gasteiger partial charge in [-0.25, -0.2) is 0 Å². The number of ether oxygens (including phenoxy) is 1. The average molecular weight is 379 g/mol. The van der Waals surface area contributed by atoms with Gasteiger partial charge in [-0.2, -0.15) is 0 Å². The average Bonchev–Trinajstić information content (AvgIpc) is 3.12. The zero-order valence-corrected chi connectivity index (χ0v) is 16.1. The normalized spacial score (nSPS) is 18.2. The van der Waals surface area contributed by atoms with Crippen LogP contribution in [-0.4, -0.2) is 48.8 Å². The number of benzene rings is 1. The Balaban J connectivity index is 1.44. The van der Waals surface area contributed by atoms with Gasteiger partial charge in [0.1, 0.15) is 11.6 Å². The number of halogens is 1. The fourth-order valence-corrected chi connectivity index (χ4v) is 3.73. The van der Waals surface area contributed by atoms with Crippen LogP contribution in [0.4, 0.5) is 0 Å². The van der Waals surface area contributed by atoms with Crippen molar-refractivity contribution in [1.82, 2.24) is 10.2 Å². The van der Waals surface area contributed by atoms with Gasteiger partial charge in [0.2, 0.25) is 11.8 Å². The maximum Gasteiger partial charge on any atom is 0.234 e. The molecule has 0 aromatic heterocycles. The van der Waals surface area contributed by atoms with Crippen LogP contribution in [0.15, 0.2) is 18.2 Å².